The van der Waals surface area contributed by atoms with Gasteiger partial charge < -0.3 is 0 Å². The lowest BCUT2D eigenvalue weighted by atomic mass is 9.67. The summed E-state index contributed by atoms with van der Waals surface area (Å²) in [4.78, 5) is 0. The van der Waals surface area contributed by atoms with Crippen LogP contribution in [0.1, 0.15) is 37.7 Å². The van der Waals surface area contributed by atoms with Gasteiger partial charge in [-0.25, -0.2) is 0 Å². The highest BCUT2D eigenvalue weighted by molar-refractivity contribution is 9.09. The average Bonchev–Trinajstić information content (AvgIpc) is 2.43. The van der Waals surface area contributed by atoms with E-state index in [0.29, 0.717) is 0 Å². The van der Waals surface area contributed by atoms with Crippen LogP contribution in [0.25, 0.3) is 0 Å². The van der Waals surface area contributed by atoms with Crippen molar-refractivity contribution in [1.29, 1.82) is 0 Å². The van der Waals surface area contributed by atoms with Gasteiger partial charge in [-0.3, -0.25) is 0 Å². The van der Waals surface area contributed by atoms with Gasteiger partial charge >= 0.3 is 0 Å². The van der Waals surface area contributed by atoms with E-state index in [1.54, 1.807) is 0 Å². The first-order valence-corrected chi connectivity index (χ1v) is 8.75. The van der Waals surface area contributed by atoms with Gasteiger partial charge in [0.1, 0.15) is 0 Å². The number of alkyl halides is 2. The summed E-state index contributed by atoms with van der Waals surface area (Å²) in [5, 5.41) is 2.11. The van der Waals surface area contributed by atoms with Gasteiger partial charge in [-0.2, -0.15) is 0 Å². The monoisotopic (exact) mass is 358 g/mol. The Kier molecular flexibility index (Phi) is 5.10. The zero-order valence-corrected chi connectivity index (χ0v) is 13.3. The van der Waals surface area contributed by atoms with E-state index in [9.17, 15) is 0 Å². The van der Waals surface area contributed by atoms with E-state index < -0.39 is 0 Å². The van der Waals surface area contributed by atoms with Gasteiger partial charge in [-0.05, 0) is 24.3 Å². The third-order valence-corrected chi connectivity index (χ3v) is 6.21. The minimum absolute atomic E-state index is 0.279. The molecule has 1 aliphatic rings. The van der Waals surface area contributed by atoms with E-state index in [4.69, 9.17) is 0 Å². The molecule has 94 valence electrons. The third kappa shape index (κ3) is 2.78. The van der Waals surface area contributed by atoms with Crippen molar-refractivity contribution in [2.24, 2.45) is 5.92 Å². The van der Waals surface area contributed by atoms with Gasteiger partial charge in [-0.1, -0.05) is 81.5 Å². The molecule has 0 aliphatic heterocycles. The third-order valence-electron chi connectivity index (χ3n) is 4.21. The minimum Gasteiger partial charge on any atom is -0.0918 e. The molecule has 1 fully saturated rings. The van der Waals surface area contributed by atoms with Crippen LogP contribution in [0, 0.1) is 5.92 Å². The summed E-state index contributed by atoms with van der Waals surface area (Å²) in [5.41, 5.74) is 1.77. The van der Waals surface area contributed by atoms with Crippen LogP contribution in [0.4, 0.5) is 0 Å². The topological polar surface area (TPSA) is 0 Å². The molecule has 17 heavy (non-hydrogen) atoms. The Balaban J connectivity index is 2.30. The fourth-order valence-electron chi connectivity index (χ4n) is 3.07. The van der Waals surface area contributed by atoms with Crippen LogP contribution in [-0.2, 0) is 5.41 Å². The second-order valence-electron chi connectivity index (χ2n) is 5.12. The normalized spacial score (nSPS) is 18.2. The molecular weight excluding hydrogens is 340 g/mol. The van der Waals surface area contributed by atoms with Crippen molar-refractivity contribution in [3.8, 4) is 0 Å². The molecule has 0 heterocycles. The van der Waals surface area contributed by atoms with Gasteiger partial charge in [0.25, 0.3) is 0 Å². The fraction of sp³-hybridized carbons (Fsp3) is 0.600. The highest BCUT2D eigenvalue weighted by atomic mass is 79.9. The average molecular weight is 360 g/mol. The summed E-state index contributed by atoms with van der Waals surface area (Å²) in [6.45, 7) is 0. The summed E-state index contributed by atoms with van der Waals surface area (Å²) in [5.74, 6) is 0.817. The molecule has 0 atom stereocenters. The van der Waals surface area contributed by atoms with Crippen molar-refractivity contribution in [3.05, 3.63) is 35.9 Å². The van der Waals surface area contributed by atoms with E-state index in [-0.39, 0.29) is 5.41 Å². The van der Waals surface area contributed by atoms with E-state index in [0.717, 1.165) is 16.6 Å². The SMILES string of the molecule is BrCC(CBr)(c1ccccc1)C1CCCCC1. The van der Waals surface area contributed by atoms with Gasteiger partial charge in [0.2, 0.25) is 0 Å². The molecule has 0 spiro atoms. The summed E-state index contributed by atoms with van der Waals surface area (Å²) < 4.78 is 0. The van der Waals surface area contributed by atoms with Crippen molar-refractivity contribution in [3.63, 3.8) is 0 Å². The quantitative estimate of drug-likeness (QED) is 0.640. The van der Waals surface area contributed by atoms with Crippen molar-refractivity contribution in [1.82, 2.24) is 0 Å². The van der Waals surface area contributed by atoms with Crippen molar-refractivity contribution in [2.75, 3.05) is 10.7 Å². The summed E-state index contributed by atoms with van der Waals surface area (Å²) in [6.07, 6.45) is 6.99. The van der Waals surface area contributed by atoms with Gasteiger partial charge in [0, 0.05) is 16.1 Å². The van der Waals surface area contributed by atoms with Gasteiger partial charge in [0.05, 0.1) is 0 Å². The standard InChI is InChI=1S/C15H20Br2/c16-11-15(12-17,13-7-3-1-4-8-13)14-9-5-2-6-10-14/h1,3-4,7-8,14H,2,5-6,9-12H2. The highest BCUT2D eigenvalue weighted by Gasteiger charge is 2.38. The summed E-state index contributed by atoms with van der Waals surface area (Å²) in [7, 11) is 0. The molecule has 2 rings (SSSR count). The molecule has 1 aliphatic carbocycles. The summed E-state index contributed by atoms with van der Waals surface area (Å²) in [6, 6.07) is 11.0. The van der Waals surface area contributed by atoms with Crippen LogP contribution in [0.2, 0.25) is 0 Å². The summed E-state index contributed by atoms with van der Waals surface area (Å²) >= 11 is 7.55. The predicted octanol–water partition coefficient (Wildman–Crippen LogP) is 5.29. The maximum atomic E-state index is 3.78. The van der Waals surface area contributed by atoms with Crippen LogP contribution in [0.5, 0.6) is 0 Å². The molecule has 1 aromatic rings. The predicted molar refractivity (Wildman–Crippen MR) is 82.3 cm³/mol. The number of hydrogen-bond acceptors (Lipinski definition) is 0. The first-order chi connectivity index (χ1) is 8.33. The Hall–Kier alpha value is 0.180. The molecule has 2 heteroatoms. The van der Waals surface area contributed by atoms with Crippen molar-refractivity contribution < 1.29 is 0 Å². The van der Waals surface area contributed by atoms with Crippen molar-refractivity contribution >= 4 is 31.9 Å². The Labute approximate surface area is 121 Å². The zero-order valence-electron chi connectivity index (χ0n) is 10.2. The van der Waals surface area contributed by atoms with Gasteiger partial charge in [0.15, 0.2) is 0 Å². The lowest BCUT2D eigenvalue weighted by molar-refractivity contribution is 0.247. The molecule has 0 amide bonds. The van der Waals surface area contributed by atoms with Gasteiger partial charge in [-0.15, -0.1) is 0 Å². The lowest BCUT2D eigenvalue weighted by Crippen LogP contribution is -2.40. The zero-order chi connectivity index (χ0) is 12.1. The molecule has 0 radical (unpaired) electrons. The highest BCUT2D eigenvalue weighted by Crippen LogP contribution is 2.43. The molecule has 0 nitrogen and oxygen atoms in total. The molecular formula is C15H20Br2. The largest absolute Gasteiger partial charge is 0.0918 e. The Morgan fingerprint density at radius 2 is 1.53 bits per heavy atom. The molecule has 0 N–H and O–H groups in total. The van der Waals surface area contributed by atoms with E-state index >= 15 is 0 Å². The smallest absolute Gasteiger partial charge is 0.0175 e. The van der Waals surface area contributed by atoms with Crippen LogP contribution < -0.4 is 0 Å². The van der Waals surface area contributed by atoms with Crippen LogP contribution in [0.15, 0.2) is 30.3 Å². The van der Waals surface area contributed by atoms with Crippen molar-refractivity contribution in [2.45, 2.75) is 37.5 Å². The van der Waals surface area contributed by atoms with E-state index in [1.807, 2.05) is 0 Å². The number of halogens is 2. The fourth-order valence-corrected chi connectivity index (χ4v) is 5.56. The second-order valence-corrected chi connectivity index (χ2v) is 6.25. The Bertz CT molecular complexity index is 324. The number of hydrogen-bond donors (Lipinski definition) is 0. The molecule has 1 aromatic carbocycles. The number of benzene rings is 1. The molecule has 0 saturated heterocycles. The first kappa shape index (κ1) is 13.6. The van der Waals surface area contributed by atoms with Crippen LogP contribution >= 0.6 is 31.9 Å². The van der Waals surface area contributed by atoms with Crippen LogP contribution in [0.3, 0.4) is 0 Å². The Morgan fingerprint density at radius 3 is 2.06 bits per heavy atom. The van der Waals surface area contributed by atoms with E-state index in [2.05, 4.69) is 62.2 Å². The molecule has 0 bridgehead atoms. The molecule has 1 saturated carbocycles. The second kappa shape index (κ2) is 6.38. The van der Waals surface area contributed by atoms with Crippen LogP contribution in [-0.4, -0.2) is 10.7 Å². The first-order valence-electron chi connectivity index (χ1n) is 6.51. The maximum Gasteiger partial charge on any atom is 0.0175 e. The maximum absolute atomic E-state index is 3.78. The Morgan fingerprint density at radius 1 is 0.941 bits per heavy atom. The minimum atomic E-state index is 0.279. The molecule has 0 aromatic heterocycles. The lowest BCUT2D eigenvalue weighted by Gasteiger charge is -2.41. The molecule has 0 unspecified atom stereocenters. The number of rotatable bonds is 4. The van der Waals surface area contributed by atoms with E-state index in [1.165, 1.54) is 37.7 Å².